The predicted octanol–water partition coefficient (Wildman–Crippen LogP) is 2.52. The summed E-state index contributed by atoms with van der Waals surface area (Å²) in [6.07, 6.45) is 2.78. The standard InChI is InChI=1S/C14H21NO2/c1-11(17-14-7-9-15-10-8-14)12-3-5-13(16-2)6-4-12/h3-6,11,14-15H,7-10H2,1-2H3. The lowest BCUT2D eigenvalue weighted by molar-refractivity contribution is -0.0186. The highest BCUT2D eigenvalue weighted by Gasteiger charge is 2.17. The fourth-order valence-corrected chi connectivity index (χ4v) is 2.17. The molecule has 1 aromatic carbocycles. The van der Waals surface area contributed by atoms with Gasteiger partial charge in [-0.05, 0) is 50.6 Å². The van der Waals surface area contributed by atoms with Gasteiger partial charge in [0, 0.05) is 0 Å². The van der Waals surface area contributed by atoms with Crippen LogP contribution in [0.15, 0.2) is 24.3 Å². The van der Waals surface area contributed by atoms with Crippen molar-refractivity contribution in [2.45, 2.75) is 32.0 Å². The summed E-state index contributed by atoms with van der Waals surface area (Å²) in [6, 6.07) is 8.12. The molecule has 94 valence electrons. The van der Waals surface area contributed by atoms with Gasteiger partial charge in [-0.15, -0.1) is 0 Å². The van der Waals surface area contributed by atoms with Crippen molar-refractivity contribution in [2.24, 2.45) is 0 Å². The molecule has 3 nitrogen and oxygen atoms in total. The summed E-state index contributed by atoms with van der Waals surface area (Å²) in [7, 11) is 1.68. The van der Waals surface area contributed by atoms with Crippen LogP contribution in [0.3, 0.4) is 0 Å². The lowest BCUT2D eigenvalue weighted by Gasteiger charge is -2.26. The maximum absolute atomic E-state index is 6.07. The molecule has 1 heterocycles. The van der Waals surface area contributed by atoms with Gasteiger partial charge in [-0.1, -0.05) is 12.1 Å². The Bertz CT molecular complexity index is 331. The molecule has 0 spiro atoms. The van der Waals surface area contributed by atoms with Crippen LogP contribution in [0.25, 0.3) is 0 Å². The number of hydrogen-bond acceptors (Lipinski definition) is 3. The first-order chi connectivity index (χ1) is 8.29. The maximum Gasteiger partial charge on any atom is 0.118 e. The van der Waals surface area contributed by atoms with Gasteiger partial charge in [0.05, 0.1) is 19.3 Å². The molecule has 0 saturated carbocycles. The molecule has 1 saturated heterocycles. The van der Waals surface area contributed by atoms with E-state index < -0.39 is 0 Å². The molecule has 2 rings (SSSR count). The Balaban J connectivity index is 1.91. The number of ether oxygens (including phenoxy) is 2. The molecule has 1 aromatic rings. The molecule has 0 amide bonds. The van der Waals surface area contributed by atoms with Gasteiger partial charge in [0.1, 0.15) is 5.75 Å². The number of nitrogens with one attached hydrogen (secondary N) is 1. The molecule has 3 heteroatoms. The number of hydrogen-bond donors (Lipinski definition) is 1. The van der Waals surface area contributed by atoms with E-state index in [1.54, 1.807) is 7.11 Å². The minimum atomic E-state index is 0.156. The van der Waals surface area contributed by atoms with Crippen molar-refractivity contribution in [1.29, 1.82) is 0 Å². The quantitative estimate of drug-likeness (QED) is 0.870. The van der Waals surface area contributed by atoms with Crippen molar-refractivity contribution >= 4 is 0 Å². The van der Waals surface area contributed by atoms with Crippen molar-refractivity contribution in [3.05, 3.63) is 29.8 Å². The van der Waals surface area contributed by atoms with Crippen LogP contribution in [0.2, 0.25) is 0 Å². The van der Waals surface area contributed by atoms with Gasteiger partial charge in [0.15, 0.2) is 0 Å². The fourth-order valence-electron chi connectivity index (χ4n) is 2.17. The molecule has 1 aliphatic heterocycles. The zero-order chi connectivity index (χ0) is 12.1. The first kappa shape index (κ1) is 12.4. The molecule has 17 heavy (non-hydrogen) atoms. The molecule has 1 N–H and O–H groups in total. The van der Waals surface area contributed by atoms with Gasteiger partial charge in [0.25, 0.3) is 0 Å². The molecule has 0 aliphatic carbocycles. The second-order valence-electron chi connectivity index (χ2n) is 4.50. The van der Waals surface area contributed by atoms with Crippen molar-refractivity contribution in [1.82, 2.24) is 5.32 Å². The van der Waals surface area contributed by atoms with E-state index in [9.17, 15) is 0 Å². The Morgan fingerprint density at radius 3 is 2.41 bits per heavy atom. The number of methoxy groups -OCH3 is 1. The van der Waals surface area contributed by atoms with E-state index in [1.165, 1.54) is 5.56 Å². The van der Waals surface area contributed by atoms with Crippen molar-refractivity contribution in [3.8, 4) is 5.75 Å². The Hall–Kier alpha value is -1.06. The zero-order valence-corrected chi connectivity index (χ0v) is 10.6. The molecular formula is C14H21NO2. The molecule has 1 unspecified atom stereocenters. The third-order valence-electron chi connectivity index (χ3n) is 3.27. The second-order valence-corrected chi connectivity index (χ2v) is 4.50. The largest absolute Gasteiger partial charge is 0.497 e. The van der Waals surface area contributed by atoms with Gasteiger partial charge >= 0.3 is 0 Å². The Morgan fingerprint density at radius 2 is 1.82 bits per heavy atom. The Labute approximate surface area is 103 Å². The average molecular weight is 235 g/mol. The highest BCUT2D eigenvalue weighted by atomic mass is 16.5. The Kier molecular flexibility index (Phi) is 4.40. The summed E-state index contributed by atoms with van der Waals surface area (Å²) in [5.41, 5.74) is 1.21. The van der Waals surface area contributed by atoms with E-state index in [-0.39, 0.29) is 6.10 Å². The van der Waals surface area contributed by atoms with E-state index in [0.29, 0.717) is 6.10 Å². The lowest BCUT2D eigenvalue weighted by atomic mass is 10.1. The van der Waals surface area contributed by atoms with Crippen LogP contribution >= 0.6 is 0 Å². The lowest BCUT2D eigenvalue weighted by Crippen LogP contribution is -2.32. The second kappa shape index (κ2) is 6.03. The molecule has 0 radical (unpaired) electrons. The third kappa shape index (κ3) is 3.45. The van der Waals surface area contributed by atoms with Crippen molar-refractivity contribution < 1.29 is 9.47 Å². The summed E-state index contributed by atoms with van der Waals surface area (Å²) < 4.78 is 11.2. The van der Waals surface area contributed by atoms with Crippen LogP contribution in [-0.4, -0.2) is 26.3 Å². The molecule has 1 fully saturated rings. The van der Waals surface area contributed by atoms with Crippen molar-refractivity contribution in [3.63, 3.8) is 0 Å². The average Bonchev–Trinajstić information content (AvgIpc) is 2.40. The van der Waals surface area contributed by atoms with Gasteiger partial charge in [-0.25, -0.2) is 0 Å². The topological polar surface area (TPSA) is 30.5 Å². The Morgan fingerprint density at radius 1 is 1.18 bits per heavy atom. The zero-order valence-electron chi connectivity index (χ0n) is 10.6. The summed E-state index contributed by atoms with van der Waals surface area (Å²) in [6.45, 7) is 4.25. The van der Waals surface area contributed by atoms with E-state index >= 15 is 0 Å². The maximum atomic E-state index is 6.07. The van der Waals surface area contributed by atoms with Crippen LogP contribution in [0, 0.1) is 0 Å². The summed E-state index contributed by atoms with van der Waals surface area (Å²) >= 11 is 0. The number of benzene rings is 1. The fraction of sp³-hybridized carbons (Fsp3) is 0.571. The van der Waals surface area contributed by atoms with E-state index in [4.69, 9.17) is 9.47 Å². The number of piperidine rings is 1. The van der Waals surface area contributed by atoms with Crippen LogP contribution in [-0.2, 0) is 4.74 Å². The van der Waals surface area contributed by atoms with Gasteiger partial charge in [-0.3, -0.25) is 0 Å². The van der Waals surface area contributed by atoms with E-state index in [0.717, 1.165) is 31.7 Å². The summed E-state index contributed by atoms with van der Waals surface area (Å²) in [5.74, 6) is 0.891. The van der Waals surface area contributed by atoms with Crippen LogP contribution in [0.4, 0.5) is 0 Å². The highest BCUT2D eigenvalue weighted by Crippen LogP contribution is 2.23. The normalized spacial score (nSPS) is 18.9. The van der Waals surface area contributed by atoms with Gasteiger partial charge in [0.2, 0.25) is 0 Å². The van der Waals surface area contributed by atoms with Crippen molar-refractivity contribution in [2.75, 3.05) is 20.2 Å². The molecule has 1 aliphatic rings. The van der Waals surface area contributed by atoms with E-state index in [1.807, 2.05) is 12.1 Å². The minimum Gasteiger partial charge on any atom is -0.497 e. The van der Waals surface area contributed by atoms with E-state index in [2.05, 4.69) is 24.4 Å². The van der Waals surface area contributed by atoms with Crippen LogP contribution < -0.4 is 10.1 Å². The van der Waals surface area contributed by atoms with Crippen LogP contribution in [0.5, 0.6) is 5.75 Å². The number of rotatable bonds is 4. The van der Waals surface area contributed by atoms with Gasteiger partial charge in [-0.2, -0.15) is 0 Å². The monoisotopic (exact) mass is 235 g/mol. The molecule has 0 bridgehead atoms. The first-order valence-electron chi connectivity index (χ1n) is 6.29. The molecule has 0 aromatic heterocycles. The summed E-state index contributed by atoms with van der Waals surface area (Å²) in [4.78, 5) is 0. The predicted molar refractivity (Wildman–Crippen MR) is 68.4 cm³/mol. The third-order valence-corrected chi connectivity index (χ3v) is 3.27. The molecule has 1 atom stereocenters. The van der Waals surface area contributed by atoms with Gasteiger partial charge < -0.3 is 14.8 Å². The molecular weight excluding hydrogens is 214 g/mol. The first-order valence-corrected chi connectivity index (χ1v) is 6.29. The summed E-state index contributed by atoms with van der Waals surface area (Å²) in [5, 5.41) is 3.35. The van der Waals surface area contributed by atoms with Crippen LogP contribution in [0.1, 0.15) is 31.4 Å². The minimum absolute atomic E-state index is 0.156. The highest BCUT2D eigenvalue weighted by molar-refractivity contribution is 5.28. The SMILES string of the molecule is COc1ccc(C(C)OC2CCNCC2)cc1. The smallest absolute Gasteiger partial charge is 0.118 e.